The average Bonchev–Trinajstić information content (AvgIpc) is 3.51. The van der Waals surface area contributed by atoms with Crippen LogP contribution >= 0.6 is 0 Å². The van der Waals surface area contributed by atoms with Gasteiger partial charge in [0, 0.05) is 22.2 Å². The summed E-state index contributed by atoms with van der Waals surface area (Å²) in [6.45, 7) is 11.9. The molecule has 0 bridgehead atoms. The number of hydrogen-bond acceptors (Lipinski definition) is 1. The van der Waals surface area contributed by atoms with Crippen molar-refractivity contribution < 1.29 is 0 Å². The number of para-hydroxylation sites is 2. The highest BCUT2D eigenvalue weighted by atomic mass is 15.1. The van der Waals surface area contributed by atoms with Crippen molar-refractivity contribution in [2.45, 2.75) is 121 Å². The van der Waals surface area contributed by atoms with Crippen molar-refractivity contribution in [2.24, 2.45) is 0 Å². The van der Waals surface area contributed by atoms with Crippen LogP contribution < -0.4 is 4.90 Å². The highest BCUT2D eigenvalue weighted by molar-refractivity contribution is 6.05. The van der Waals surface area contributed by atoms with Crippen LogP contribution in [0.1, 0.15) is 138 Å². The molecule has 0 N–H and O–H groups in total. The van der Waals surface area contributed by atoms with E-state index in [2.05, 4.69) is 185 Å². The second-order valence-corrected chi connectivity index (χ2v) is 19.8. The van der Waals surface area contributed by atoms with E-state index in [0.717, 1.165) is 0 Å². The predicted molar refractivity (Wildman–Crippen MR) is 257 cm³/mol. The van der Waals surface area contributed by atoms with Gasteiger partial charge in [-0.25, -0.2) is 0 Å². The van der Waals surface area contributed by atoms with Crippen LogP contribution in [0.3, 0.4) is 0 Å². The zero-order valence-corrected chi connectivity index (χ0v) is 36.5. The summed E-state index contributed by atoms with van der Waals surface area (Å²) in [5, 5.41) is 2.79. The zero-order valence-electron chi connectivity index (χ0n) is 36.5. The quantitative estimate of drug-likeness (QED) is 0.156. The van der Waals surface area contributed by atoms with Crippen LogP contribution in [0.4, 0.5) is 17.1 Å². The summed E-state index contributed by atoms with van der Waals surface area (Å²) in [7, 11) is 0. The van der Waals surface area contributed by atoms with E-state index in [1.54, 1.807) is 0 Å². The van der Waals surface area contributed by atoms with Gasteiger partial charge >= 0.3 is 0 Å². The van der Waals surface area contributed by atoms with Crippen LogP contribution in [0.2, 0.25) is 0 Å². The van der Waals surface area contributed by atoms with E-state index in [1.165, 1.54) is 153 Å². The van der Waals surface area contributed by atoms with E-state index in [0.29, 0.717) is 11.8 Å². The van der Waals surface area contributed by atoms with Crippen molar-refractivity contribution in [3.05, 3.63) is 173 Å². The summed E-state index contributed by atoms with van der Waals surface area (Å²) in [6, 6.07) is 56.4. The molecule has 2 saturated carbocycles. The number of hydrogen-bond donors (Lipinski definition) is 0. The molecule has 3 aliphatic rings. The van der Waals surface area contributed by atoms with Gasteiger partial charge in [-0.1, -0.05) is 188 Å². The van der Waals surface area contributed by atoms with E-state index in [4.69, 9.17) is 0 Å². The number of rotatable bonds is 7. The van der Waals surface area contributed by atoms with E-state index >= 15 is 0 Å². The van der Waals surface area contributed by atoms with E-state index in [-0.39, 0.29) is 10.8 Å². The Morgan fingerprint density at radius 1 is 0.483 bits per heavy atom. The van der Waals surface area contributed by atoms with Crippen molar-refractivity contribution in [3.8, 4) is 33.4 Å². The summed E-state index contributed by atoms with van der Waals surface area (Å²) >= 11 is 0. The Kier molecular flexibility index (Phi) is 10.1. The molecule has 0 heterocycles. The van der Waals surface area contributed by atoms with Gasteiger partial charge < -0.3 is 4.90 Å². The van der Waals surface area contributed by atoms with Crippen molar-refractivity contribution in [3.63, 3.8) is 0 Å². The molecule has 10 rings (SSSR count). The van der Waals surface area contributed by atoms with Crippen molar-refractivity contribution in [1.82, 2.24) is 0 Å². The topological polar surface area (TPSA) is 3.24 Å². The molecule has 1 nitrogen and oxygen atoms in total. The third-order valence-electron chi connectivity index (χ3n) is 14.6. The summed E-state index contributed by atoms with van der Waals surface area (Å²) < 4.78 is 0. The van der Waals surface area contributed by atoms with Crippen LogP contribution in [-0.2, 0) is 10.8 Å². The highest BCUT2D eigenvalue weighted by Crippen LogP contribution is 2.54. The lowest BCUT2D eigenvalue weighted by Gasteiger charge is -2.32. The molecule has 2 fully saturated rings. The van der Waals surface area contributed by atoms with Crippen molar-refractivity contribution in [1.29, 1.82) is 0 Å². The molecule has 302 valence electrons. The van der Waals surface area contributed by atoms with Crippen LogP contribution in [0.15, 0.2) is 146 Å². The first-order valence-electron chi connectivity index (χ1n) is 23.1. The van der Waals surface area contributed by atoms with Gasteiger partial charge in [-0.05, 0) is 134 Å². The van der Waals surface area contributed by atoms with Crippen LogP contribution in [-0.4, -0.2) is 0 Å². The van der Waals surface area contributed by atoms with Crippen molar-refractivity contribution >= 4 is 27.8 Å². The van der Waals surface area contributed by atoms with Gasteiger partial charge in [-0.15, -0.1) is 0 Å². The van der Waals surface area contributed by atoms with Gasteiger partial charge in [0.2, 0.25) is 0 Å². The third-order valence-corrected chi connectivity index (χ3v) is 14.6. The maximum atomic E-state index is 2.59. The van der Waals surface area contributed by atoms with E-state index < -0.39 is 0 Å². The summed E-state index contributed by atoms with van der Waals surface area (Å²) in [4.78, 5) is 2.59. The average molecular weight is 784 g/mol. The minimum absolute atomic E-state index is 0.00498. The molecule has 0 unspecified atom stereocenters. The first kappa shape index (κ1) is 38.8. The standard InChI is InChI=1S/C59H61N/c1-58(2,3)45-36-44-26-19-29-48(42-24-13-8-14-25-42)57(44)52(38-45)49-28-16-18-31-56(49)60(55-30-17-15-27-47(55)41-22-11-7-12-23-41)46-33-35-54-51(39-46)50-37-43(40-20-9-6-10-21-40)32-34-53(50)59(54,4)5/h7,11-12,15-19,22-23,26-40,42H,6,8-10,13-14,20-21,24-25H2,1-5H3. The van der Waals surface area contributed by atoms with Crippen LogP contribution in [0, 0.1) is 0 Å². The second kappa shape index (κ2) is 15.6. The molecule has 0 atom stereocenters. The maximum Gasteiger partial charge on any atom is 0.0540 e. The van der Waals surface area contributed by atoms with Gasteiger partial charge in [0.15, 0.2) is 0 Å². The Bertz CT molecular complexity index is 2680. The number of nitrogens with zero attached hydrogens (tertiary/aromatic N) is 1. The first-order chi connectivity index (χ1) is 29.2. The lowest BCUT2D eigenvalue weighted by atomic mass is 9.78. The number of anilines is 3. The lowest BCUT2D eigenvalue weighted by molar-refractivity contribution is 0.443. The number of fused-ring (bicyclic) bond motifs is 4. The molecule has 3 aliphatic carbocycles. The van der Waals surface area contributed by atoms with Gasteiger partial charge in [0.05, 0.1) is 11.4 Å². The van der Waals surface area contributed by atoms with E-state index in [9.17, 15) is 0 Å². The summed E-state index contributed by atoms with van der Waals surface area (Å²) in [6.07, 6.45) is 13.2. The smallest absolute Gasteiger partial charge is 0.0540 e. The lowest BCUT2D eigenvalue weighted by Crippen LogP contribution is -2.16. The molecular formula is C59H61N. The molecule has 60 heavy (non-hydrogen) atoms. The largest absolute Gasteiger partial charge is 0.309 e. The Labute approximate surface area is 359 Å². The molecule has 0 amide bonds. The summed E-state index contributed by atoms with van der Waals surface area (Å²) in [5.41, 5.74) is 18.7. The molecule has 7 aromatic carbocycles. The first-order valence-corrected chi connectivity index (χ1v) is 23.1. The Hall–Kier alpha value is -5.40. The minimum atomic E-state index is -0.0686. The third kappa shape index (κ3) is 6.89. The Balaban J connectivity index is 1.23. The van der Waals surface area contributed by atoms with Crippen molar-refractivity contribution in [2.75, 3.05) is 4.90 Å². The van der Waals surface area contributed by atoms with Gasteiger partial charge in [0.25, 0.3) is 0 Å². The van der Waals surface area contributed by atoms with Gasteiger partial charge in [0.1, 0.15) is 0 Å². The fourth-order valence-electron chi connectivity index (χ4n) is 11.3. The predicted octanol–water partition coefficient (Wildman–Crippen LogP) is 17.3. The molecule has 0 spiro atoms. The highest BCUT2D eigenvalue weighted by Gasteiger charge is 2.37. The fourth-order valence-corrected chi connectivity index (χ4v) is 11.3. The minimum Gasteiger partial charge on any atom is -0.309 e. The monoisotopic (exact) mass is 783 g/mol. The normalized spacial score (nSPS) is 16.8. The van der Waals surface area contributed by atoms with Crippen LogP contribution in [0.25, 0.3) is 44.2 Å². The maximum absolute atomic E-state index is 2.59. The Morgan fingerprint density at radius 3 is 1.78 bits per heavy atom. The zero-order chi connectivity index (χ0) is 41.0. The summed E-state index contributed by atoms with van der Waals surface area (Å²) in [5.74, 6) is 1.25. The molecular weight excluding hydrogens is 723 g/mol. The second-order valence-electron chi connectivity index (χ2n) is 19.8. The van der Waals surface area contributed by atoms with Gasteiger partial charge in [-0.2, -0.15) is 0 Å². The molecule has 0 radical (unpaired) electrons. The SMILES string of the molecule is CC(C)(C)c1cc(-c2ccccc2N(c2ccc3c(c2)-c2cc(C4CCCCC4)ccc2C3(C)C)c2ccccc2-c2ccccc2)c2c(C3CCCCC3)cccc2c1. The van der Waals surface area contributed by atoms with Crippen LogP contribution in [0.5, 0.6) is 0 Å². The molecule has 0 saturated heterocycles. The fraction of sp³-hybridized carbons (Fsp3) is 0.322. The molecule has 1 heteroatoms. The molecule has 0 aliphatic heterocycles. The number of benzene rings is 7. The Morgan fingerprint density at radius 2 is 1.08 bits per heavy atom. The van der Waals surface area contributed by atoms with Gasteiger partial charge in [-0.3, -0.25) is 0 Å². The molecule has 0 aromatic heterocycles. The van der Waals surface area contributed by atoms with E-state index in [1.807, 2.05) is 0 Å². The molecule has 7 aromatic rings.